The van der Waals surface area contributed by atoms with Crippen LogP contribution in [0.15, 0.2) is 12.3 Å². The Bertz CT molecular complexity index is 119. The topological polar surface area (TPSA) is 26.3 Å². The first-order chi connectivity index (χ1) is 3.30. The zero-order valence-corrected chi connectivity index (χ0v) is 5.01. The van der Waals surface area contributed by atoms with E-state index in [0.29, 0.717) is 0 Å². The molecule has 1 rings (SSSR count). The number of cyclic esters (lactones) is 1. The van der Waals surface area contributed by atoms with Gasteiger partial charge in [0, 0.05) is 0 Å². The van der Waals surface area contributed by atoms with Crippen molar-refractivity contribution in [1.82, 2.24) is 0 Å². The van der Waals surface area contributed by atoms with E-state index in [2.05, 4.69) is 20.7 Å². The smallest absolute Gasteiger partial charge is 0.328 e. The largest absolute Gasteiger partial charge is 0.434 e. The van der Waals surface area contributed by atoms with Gasteiger partial charge in [-0.1, -0.05) is 15.9 Å². The van der Waals surface area contributed by atoms with Crippen LogP contribution in [0, 0.1) is 0 Å². The molecular formula is C4H3BrO2. The third kappa shape index (κ3) is 0.825. The van der Waals surface area contributed by atoms with Crippen molar-refractivity contribution >= 4 is 21.9 Å². The summed E-state index contributed by atoms with van der Waals surface area (Å²) >= 11 is 3.04. The molecule has 1 aliphatic heterocycles. The molecule has 0 saturated carbocycles. The van der Waals surface area contributed by atoms with Crippen LogP contribution in [0.25, 0.3) is 0 Å². The number of carbonyl (C=O) groups excluding carboxylic acids is 1. The molecule has 3 heteroatoms. The summed E-state index contributed by atoms with van der Waals surface area (Å²) in [4.78, 5) is 10.0. The average molecular weight is 163 g/mol. The molecule has 7 heavy (non-hydrogen) atoms. The van der Waals surface area contributed by atoms with E-state index in [-0.39, 0.29) is 10.8 Å². The quantitative estimate of drug-likeness (QED) is 0.390. The van der Waals surface area contributed by atoms with Crippen molar-refractivity contribution in [3.8, 4) is 0 Å². The van der Waals surface area contributed by atoms with Crippen molar-refractivity contribution in [3.05, 3.63) is 12.3 Å². The SMILES string of the molecule is O=C1OC=C[C@@H]1Br. The highest BCUT2D eigenvalue weighted by molar-refractivity contribution is 9.10. The van der Waals surface area contributed by atoms with Gasteiger partial charge >= 0.3 is 5.97 Å². The van der Waals surface area contributed by atoms with E-state index < -0.39 is 0 Å². The highest BCUT2D eigenvalue weighted by Crippen LogP contribution is 2.09. The summed E-state index contributed by atoms with van der Waals surface area (Å²) in [6.07, 6.45) is 3.02. The fourth-order valence-electron chi connectivity index (χ4n) is 0.319. The van der Waals surface area contributed by atoms with E-state index in [1.807, 2.05) is 0 Å². The van der Waals surface area contributed by atoms with Crippen LogP contribution >= 0.6 is 15.9 Å². The van der Waals surface area contributed by atoms with Gasteiger partial charge in [-0.25, -0.2) is 0 Å². The van der Waals surface area contributed by atoms with Gasteiger partial charge in [-0.15, -0.1) is 0 Å². The molecule has 0 aliphatic carbocycles. The summed E-state index contributed by atoms with van der Waals surface area (Å²) in [6, 6.07) is 0. The number of hydrogen-bond acceptors (Lipinski definition) is 2. The Hall–Kier alpha value is -0.310. The number of carbonyl (C=O) groups is 1. The maximum atomic E-state index is 10.2. The third-order valence-electron chi connectivity index (χ3n) is 0.657. The van der Waals surface area contributed by atoms with Crippen LogP contribution in [0.3, 0.4) is 0 Å². The summed E-state index contributed by atoms with van der Waals surface area (Å²) in [5.74, 6) is -0.236. The molecule has 0 saturated heterocycles. The molecule has 0 spiro atoms. The van der Waals surface area contributed by atoms with E-state index in [1.54, 1.807) is 6.08 Å². The standard InChI is InChI=1S/C4H3BrO2/c5-3-1-2-7-4(3)6/h1-3H/t3-/m0/s1. The Balaban J connectivity index is 2.62. The van der Waals surface area contributed by atoms with Crippen LogP contribution in [0.1, 0.15) is 0 Å². The third-order valence-corrected chi connectivity index (χ3v) is 1.34. The molecule has 0 amide bonds. The minimum Gasteiger partial charge on any atom is -0.434 e. The molecule has 0 radical (unpaired) electrons. The second-order valence-corrected chi connectivity index (χ2v) is 2.15. The van der Waals surface area contributed by atoms with Gasteiger partial charge in [-0.05, 0) is 6.08 Å². The van der Waals surface area contributed by atoms with Gasteiger partial charge in [0.25, 0.3) is 0 Å². The first-order valence-corrected chi connectivity index (χ1v) is 2.73. The molecule has 1 heterocycles. The lowest BCUT2D eigenvalue weighted by Crippen LogP contribution is -2.04. The molecule has 0 aromatic rings. The van der Waals surface area contributed by atoms with Crippen molar-refractivity contribution in [1.29, 1.82) is 0 Å². The van der Waals surface area contributed by atoms with Gasteiger partial charge in [0.15, 0.2) is 0 Å². The Labute approximate surface area is 49.3 Å². The molecule has 1 atom stereocenters. The summed E-state index contributed by atoms with van der Waals surface area (Å²) in [5, 5.41) is 0. The van der Waals surface area contributed by atoms with E-state index in [0.717, 1.165) is 0 Å². The summed E-state index contributed by atoms with van der Waals surface area (Å²) in [7, 11) is 0. The lowest BCUT2D eigenvalue weighted by molar-refractivity contribution is -0.134. The molecule has 38 valence electrons. The van der Waals surface area contributed by atoms with E-state index in [9.17, 15) is 4.79 Å². The summed E-state index contributed by atoms with van der Waals surface area (Å²) in [6.45, 7) is 0. The van der Waals surface area contributed by atoms with Crippen LogP contribution in [0.2, 0.25) is 0 Å². The average Bonchev–Trinajstić information content (AvgIpc) is 1.91. The second kappa shape index (κ2) is 1.66. The van der Waals surface area contributed by atoms with Gasteiger partial charge < -0.3 is 4.74 Å². The zero-order valence-electron chi connectivity index (χ0n) is 3.43. The maximum Gasteiger partial charge on any atom is 0.328 e. The highest BCUT2D eigenvalue weighted by Gasteiger charge is 2.16. The van der Waals surface area contributed by atoms with Crippen LogP contribution < -0.4 is 0 Å². The highest BCUT2D eigenvalue weighted by atomic mass is 79.9. The van der Waals surface area contributed by atoms with Crippen LogP contribution in [-0.4, -0.2) is 10.8 Å². The summed E-state index contributed by atoms with van der Waals surface area (Å²) in [5.41, 5.74) is 0. The fourth-order valence-corrected chi connectivity index (χ4v) is 0.551. The Kier molecular flexibility index (Phi) is 1.15. The molecule has 1 aliphatic rings. The molecule has 0 aromatic heterocycles. The second-order valence-electron chi connectivity index (χ2n) is 1.17. The van der Waals surface area contributed by atoms with Gasteiger partial charge in [0.05, 0.1) is 6.26 Å². The fraction of sp³-hybridized carbons (Fsp3) is 0.250. The lowest BCUT2D eigenvalue weighted by Gasteiger charge is -1.87. The number of halogens is 1. The van der Waals surface area contributed by atoms with Crippen molar-refractivity contribution in [3.63, 3.8) is 0 Å². The first kappa shape index (κ1) is 4.84. The predicted molar refractivity (Wildman–Crippen MR) is 27.9 cm³/mol. The summed E-state index contributed by atoms with van der Waals surface area (Å²) < 4.78 is 4.40. The zero-order chi connectivity index (χ0) is 5.28. The Morgan fingerprint density at radius 3 is 2.71 bits per heavy atom. The molecule has 2 nitrogen and oxygen atoms in total. The lowest BCUT2D eigenvalue weighted by atomic mass is 10.5. The minimum atomic E-state index is -0.236. The van der Waals surface area contributed by atoms with Crippen molar-refractivity contribution < 1.29 is 9.53 Å². The molecule has 0 unspecified atom stereocenters. The maximum absolute atomic E-state index is 10.2. The van der Waals surface area contributed by atoms with E-state index in [1.165, 1.54) is 6.26 Å². The van der Waals surface area contributed by atoms with Crippen molar-refractivity contribution in [2.45, 2.75) is 4.83 Å². The van der Waals surface area contributed by atoms with E-state index >= 15 is 0 Å². The van der Waals surface area contributed by atoms with Crippen molar-refractivity contribution in [2.75, 3.05) is 0 Å². The molecule has 0 fully saturated rings. The van der Waals surface area contributed by atoms with Crippen molar-refractivity contribution in [2.24, 2.45) is 0 Å². The monoisotopic (exact) mass is 162 g/mol. The molecule has 0 bridgehead atoms. The van der Waals surface area contributed by atoms with Gasteiger partial charge in [-0.2, -0.15) is 0 Å². The van der Waals surface area contributed by atoms with Crippen LogP contribution in [0.4, 0.5) is 0 Å². The normalized spacial score (nSPS) is 28.1. The Morgan fingerprint density at radius 1 is 1.86 bits per heavy atom. The number of hydrogen-bond donors (Lipinski definition) is 0. The first-order valence-electron chi connectivity index (χ1n) is 1.82. The molecule has 0 aromatic carbocycles. The van der Waals surface area contributed by atoms with Crippen LogP contribution in [-0.2, 0) is 9.53 Å². The predicted octanol–water partition coefficient (Wildman–Crippen LogP) is 0.820. The molecule has 0 N–H and O–H groups in total. The van der Waals surface area contributed by atoms with Gasteiger partial charge in [-0.3, -0.25) is 4.79 Å². The number of esters is 1. The number of ether oxygens (including phenoxy) is 1. The van der Waals surface area contributed by atoms with Gasteiger partial charge in [0.1, 0.15) is 4.83 Å². The molecular weight excluding hydrogens is 160 g/mol. The number of alkyl halides is 1. The number of rotatable bonds is 0. The minimum absolute atomic E-state index is 0.215. The van der Waals surface area contributed by atoms with Gasteiger partial charge in [0.2, 0.25) is 0 Å². The van der Waals surface area contributed by atoms with Crippen LogP contribution in [0.5, 0.6) is 0 Å². The Morgan fingerprint density at radius 2 is 2.57 bits per heavy atom. The van der Waals surface area contributed by atoms with E-state index in [4.69, 9.17) is 0 Å².